The number of benzene rings is 1. The molecule has 7 heteroatoms. The number of carbonyl (C=O) groups is 2. The van der Waals surface area contributed by atoms with E-state index in [1.165, 1.54) is 11.8 Å². The number of nitrogens with zero attached hydrogens (tertiary/aromatic N) is 4. The lowest BCUT2D eigenvalue weighted by Gasteiger charge is -2.30. The van der Waals surface area contributed by atoms with E-state index >= 15 is 0 Å². The third kappa shape index (κ3) is 4.20. The molecule has 2 aromatic rings. The Bertz CT molecular complexity index is 794. The number of aromatic nitrogens is 2. The molecule has 0 saturated carbocycles. The summed E-state index contributed by atoms with van der Waals surface area (Å²) in [6, 6.07) is 7.81. The SMILES string of the molecule is CC1CCN(C(=O)Cn2c(SCC(=O)N(C)C)nc3ccccc32)CC1. The zero-order chi connectivity index (χ0) is 18.7. The van der Waals surface area contributed by atoms with Gasteiger partial charge in [0, 0.05) is 27.2 Å². The Morgan fingerprint density at radius 2 is 1.92 bits per heavy atom. The Morgan fingerprint density at radius 1 is 1.23 bits per heavy atom. The number of carbonyl (C=O) groups excluding carboxylic acids is 2. The zero-order valence-electron chi connectivity index (χ0n) is 15.6. The summed E-state index contributed by atoms with van der Waals surface area (Å²) < 4.78 is 1.95. The van der Waals surface area contributed by atoms with Gasteiger partial charge in [0.25, 0.3) is 0 Å². The minimum absolute atomic E-state index is 0.0324. The monoisotopic (exact) mass is 374 g/mol. The molecule has 0 radical (unpaired) electrons. The van der Waals surface area contributed by atoms with Gasteiger partial charge in [-0.3, -0.25) is 9.59 Å². The number of hydrogen-bond acceptors (Lipinski definition) is 4. The molecule has 0 bridgehead atoms. The summed E-state index contributed by atoms with van der Waals surface area (Å²) in [4.78, 5) is 32.9. The van der Waals surface area contributed by atoms with E-state index in [1.54, 1.807) is 19.0 Å². The number of para-hydroxylation sites is 2. The van der Waals surface area contributed by atoms with Crippen LogP contribution >= 0.6 is 11.8 Å². The highest BCUT2D eigenvalue weighted by Crippen LogP contribution is 2.25. The van der Waals surface area contributed by atoms with Crippen LogP contribution in [0.4, 0.5) is 0 Å². The van der Waals surface area contributed by atoms with E-state index in [1.807, 2.05) is 33.7 Å². The van der Waals surface area contributed by atoms with Crippen LogP contribution in [0.25, 0.3) is 11.0 Å². The normalized spacial score (nSPS) is 15.4. The van der Waals surface area contributed by atoms with Gasteiger partial charge in [0.2, 0.25) is 11.8 Å². The number of thioether (sulfide) groups is 1. The zero-order valence-corrected chi connectivity index (χ0v) is 16.5. The van der Waals surface area contributed by atoms with Gasteiger partial charge in [0.15, 0.2) is 5.16 Å². The summed E-state index contributed by atoms with van der Waals surface area (Å²) in [5.41, 5.74) is 1.79. The summed E-state index contributed by atoms with van der Waals surface area (Å²) in [5.74, 6) is 1.16. The molecule has 0 unspecified atom stereocenters. The molecule has 1 aromatic heterocycles. The number of amides is 2. The van der Waals surface area contributed by atoms with Crippen LogP contribution in [-0.4, -0.2) is 64.1 Å². The minimum atomic E-state index is 0.0324. The van der Waals surface area contributed by atoms with E-state index in [9.17, 15) is 9.59 Å². The first-order valence-electron chi connectivity index (χ1n) is 9.01. The van der Waals surface area contributed by atoms with Gasteiger partial charge in [0.1, 0.15) is 6.54 Å². The molecule has 3 rings (SSSR count). The molecule has 0 N–H and O–H groups in total. The van der Waals surface area contributed by atoms with Crippen LogP contribution in [-0.2, 0) is 16.1 Å². The first-order chi connectivity index (χ1) is 12.5. The fraction of sp³-hybridized carbons (Fsp3) is 0.526. The van der Waals surface area contributed by atoms with Crippen molar-refractivity contribution in [2.45, 2.75) is 31.5 Å². The molecule has 1 aliphatic heterocycles. The van der Waals surface area contributed by atoms with Crippen molar-refractivity contribution in [1.29, 1.82) is 0 Å². The van der Waals surface area contributed by atoms with E-state index in [0.717, 1.165) is 42.1 Å². The third-order valence-electron chi connectivity index (χ3n) is 4.87. The number of imidazole rings is 1. The molecule has 1 fully saturated rings. The maximum Gasteiger partial charge on any atom is 0.242 e. The average Bonchev–Trinajstić information content (AvgIpc) is 2.97. The molecule has 0 atom stereocenters. The van der Waals surface area contributed by atoms with Crippen LogP contribution in [0.3, 0.4) is 0 Å². The predicted octanol–water partition coefficient (Wildman–Crippen LogP) is 2.48. The number of piperidine rings is 1. The Labute approximate surface area is 158 Å². The lowest BCUT2D eigenvalue weighted by Crippen LogP contribution is -2.39. The van der Waals surface area contributed by atoms with Gasteiger partial charge in [-0.1, -0.05) is 30.8 Å². The Hall–Kier alpha value is -2.02. The largest absolute Gasteiger partial charge is 0.348 e. The third-order valence-corrected chi connectivity index (χ3v) is 5.83. The molecule has 1 saturated heterocycles. The molecule has 2 amide bonds. The average molecular weight is 375 g/mol. The van der Waals surface area contributed by atoms with Crippen LogP contribution < -0.4 is 0 Å². The minimum Gasteiger partial charge on any atom is -0.348 e. The quantitative estimate of drug-likeness (QED) is 0.755. The van der Waals surface area contributed by atoms with Crippen LogP contribution in [0.1, 0.15) is 19.8 Å². The van der Waals surface area contributed by atoms with Crippen LogP contribution in [0.2, 0.25) is 0 Å². The second-order valence-electron chi connectivity index (χ2n) is 7.11. The Kier molecular flexibility index (Phi) is 5.86. The van der Waals surface area contributed by atoms with Crippen molar-refractivity contribution in [3.63, 3.8) is 0 Å². The molecule has 26 heavy (non-hydrogen) atoms. The van der Waals surface area contributed by atoms with Crippen molar-refractivity contribution in [3.05, 3.63) is 24.3 Å². The number of hydrogen-bond donors (Lipinski definition) is 0. The van der Waals surface area contributed by atoms with Crippen LogP contribution in [0, 0.1) is 5.92 Å². The van der Waals surface area contributed by atoms with E-state index < -0.39 is 0 Å². The van der Waals surface area contributed by atoms with Gasteiger partial charge >= 0.3 is 0 Å². The van der Waals surface area contributed by atoms with Crippen molar-refractivity contribution >= 4 is 34.6 Å². The highest BCUT2D eigenvalue weighted by molar-refractivity contribution is 7.99. The summed E-state index contributed by atoms with van der Waals surface area (Å²) in [5, 5.41) is 0.722. The molecule has 0 aliphatic carbocycles. The maximum absolute atomic E-state index is 12.8. The highest BCUT2D eigenvalue weighted by Gasteiger charge is 2.22. The van der Waals surface area contributed by atoms with Crippen molar-refractivity contribution in [1.82, 2.24) is 19.4 Å². The molecule has 1 aromatic carbocycles. The second-order valence-corrected chi connectivity index (χ2v) is 8.05. The van der Waals surface area contributed by atoms with Gasteiger partial charge in [0.05, 0.1) is 16.8 Å². The van der Waals surface area contributed by atoms with Gasteiger partial charge < -0.3 is 14.4 Å². The maximum atomic E-state index is 12.8. The lowest BCUT2D eigenvalue weighted by molar-refractivity contribution is -0.133. The van der Waals surface area contributed by atoms with Crippen molar-refractivity contribution in [2.75, 3.05) is 32.9 Å². The summed E-state index contributed by atoms with van der Waals surface area (Å²) in [6.45, 7) is 4.16. The van der Waals surface area contributed by atoms with Crippen LogP contribution in [0.15, 0.2) is 29.4 Å². The molecule has 140 valence electrons. The van der Waals surface area contributed by atoms with Crippen LogP contribution in [0.5, 0.6) is 0 Å². The molecule has 2 heterocycles. The van der Waals surface area contributed by atoms with Gasteiger partial charge in [-0.25, -0.2) is 4.98 Å². The summed E-state index contributed by atoms with van der Waals surface area (Å²) >= 11 is 1.39. The molecule has 1 aliphatic rings. The van der Waals surface area contributed by atoms with Gasteiger partial charge in [-0.15, -0.1) is 0 Å². The fourth-order valence-electron chi connectivity index (χ4n) is 3.07. The molecule has 0 spiro atoms. The summed E-state index contributed by atoms with van der Waals surface area (Å²) in [6.07, 6.45) is 2.13. The second kappa shape index (κ2) is 8.12. The lowest BCUT2D eigenvalue weighted by atomic mass is 9.99. The van der Waals surface area contributed by atoms with Crippen molar-refractivity contribution in [2.24, 2.45) is 5.92 Å². The predicted molar refractivity (Wildman–Crippen MR) is 104 cm³/mol. The van der Waals surface area contributed by atoms with E-state index in [4.69, 9.17) is 0 Å². The number of fused-ring (bicyclic) bond motifs is 1. The van der Waals surface area contributed by atoms with E-state index in [0.29, 0.717) is 11.7 Å². The smallest absolute Gasteiger partial charge is 0.242 e. The Morgan fingerprint density at radius 3 is 2.62 bits per heavy atom. The Balaban J connectivity index is 1.80. The number of likely N-dealkylation sites (tertiary alicyclic amines) is 1. The standard InChI is InChI=1S/C19H26N4O2S/c1-14-8-10-22(11-9-14)17(24)12-23-16-7-5-4-6-15(16)20-19(23)26-13-18(25)21(2)3/h4-7,14H,8-13H2,1-3H3. The first-order valence-corrected chi connectivity index (χ1v) is 10.00. The molecular weight excluding hydrogens is 348 g/mol. The topological polar surface area (TPSA) is 58.4 Å². The van der Waals surface area contributed by atoms with Gasteiger partial charge in [-0.2, -0.15) is 0 Å². The van der Waals surface area contributed by atoms with Crippen molar-refractivity contribution < 1.29 is 9.59 Å². The number of rotatable bonds is 5. The fourth-order valence-corrected chi connectivity index (χ4v) is 4.06. The van der Waals surface area contributed by atoms with Gasteiger partial charge in [-0.05, 0) is 30.9 Å². The molecule has 6 nitrogen and oxygen atoms in total. The first kappa shape index (κ1) is 18.8. The van der Waals surface area contributed by atoms with E-state index in [2.05, 4.69) is 11.9 Å². The molecular formula is C19H26N4O2S. The van der Waals surface area contributed by atoms with E-state index in [-0.39, 0.29) is 18.4 Å². The summed E-state index contributed by atoms with van der Waals surface area (Å²) in [7, 11) is 3.49. The van der Waals surface area contributed by atoms with Crippen molar-refractivity contribution in [3.8, 4) is 0 Å². The highest BCUT2D eigenvalue weighted by atomic mass is 32.2.